The van der Waals surface area contributed by atoms with Crippen LogP contribution >= 0.6 is 11.6 Å². The van der Waals surface area contributed by atoms with E-state index < -0.39 is 6.04 Å². The highest BCUT2D eigenvalue weighted by atomic mass is 35.5. The van der Waals surface area contributed by atoms with Crippen molar-refractivity contribution in [2.45, 2.75) is 56.7 Å². The number of carbonyl (C=O) groups excluding carboxylic acids is 2. The summed E-state index contributed by atoms with van der Waals surface area (Å²) in [5, 5.41) is 1.79. The first-order chi connectivity index (χ1) is 15.6. The molecule has 2 amide bonds. The van der Waals surface area contributed by atoms with Gasteiger partial charge in [-0.1, -0.05) is 61.2 Å². The molecule has 6 rings (SSSR count). The molecule has 2 aliphatic heterocycles. The topological polar surface area (TPSA) is 56.4 Å². The molecular formula is C26H26ClN3O2. The van der Waals surface area contributed by atoms with Crippen LogP contribution in [0, 0.1) is 0 Å². The van der Waals surface area contributed by atoms with Gasteiger partial charge in [0.25, 0.3) is 0 Å². The van der Waals surface area contributed by atoms with Gasteiger partial charge in [0.15, 0.2) is 0 Å². The second-order valence-corrected chi connectivity index (χ2v) is 9.73. The van der Waals surface area contributed by atoms with Gasteiger partial charge < -0.3 is 14.8 Å². The summed E-state index contributed by atoms with van der Waals surface area (Å²) >= 11 is 6.16. The highest BCUT2D eigenvalue weighted by Crippen LogP contribution is 2.43. The molecule has 32 heavy (non-hydrogen) atoms. The Labute approximate surface area is 192 Å². The molecular weight excluding hydrogens is 422 g/mol. The molecule has 1 aromatic heterocycles. The maximum atomic E-state index is 13.8. The van der Waals surface area contributed by atoms with Crippen LogP contribution in [0.2, 0.25) is 5.02 Å². The van der Waals surface area contributed by atoms with Gasteiger partial charge in [-0.3, -0.25) is 9.59 Å². The van der Waals surface area contributed by atoms with Gasteiger partial charge >= 0.3 is 0 Å². The van der Waals surface area contributed by atoms with Gasteiger partial charge in [-0.2, -0.15) is 0 Å². The van der Waals surface area contributed by atoms with Gasteiger partial charge in [-0.15, -0.1) is 0 Å². The van der Waals surface area contributed by atoms with Gasteiger partial charge in [0.05, 0.1) is 6.04 Å². The average molecular weight is 448 g/mol. The quantitative estimate of drug-likeness (QED) is 0.611. The lowest BCUT2D eigenvalue weighted by Gasteiger charge is -2.49. The Morgan fingerprint density at radius 2 is 1.69 bits per heavy atom. The molecule has 3 heterocycles. The number of rotatable bonds is 2. The summed E-state index contributed by atoms with van der Waals surface area (Å²) < 4.78 is 0. The van der Waals surface area contributed by atoms with E-state index in [1.54, 1.807) is 0 Å². The number of aromatic nitrogens is 1. The van der Waals surface area contributed by atoms with Crippen LogP contribution in [-0.2, 0) is 16.0 Å². The zero-order valence-corrected chi connectivity index (χ0v) is 18.6. The Bertz CT molecular complexity index is 1200. The van der Waals surface area contributed by atoms with Crippen molar-refractivity contribution in [3.8, 4) is 0 Å². The summed E-state index contributed by atoms with van der Waals surface area (Å²) in [6.07, 6.45) is 6.06. The minimum Gasteiger partial charge on any atom is -0.356 e. The molecule has 0 unspecified atom stereocenters. The number of benzene rings is 2. The molecule has 1 aliphatic carbocycles. The highest BCUT2D eigenvalue weighted by molar-refractivity contribution is 6.30. The summed E-state index contributed by atoms with van der Waals surface area (Å²) in [4.78, 5) is 34.7. The molecule has 2 fully saturated rings. The lowest BCUT2D eigenvalue weighted by molar-refractivity contribution is -0.161. The smallest absolute Gasteiger partial charge is 0.246 e. The fourth-order valence-corrected chi connectivity index (χ4v) is 6.11. The SMILES string of the molecule is O=C1[C@H]2Cc3c([nH]c4ccccc34)[C@@H](c3ccc(Cl)cc3)N2C(=O)CN1C1CCCCC1. The molecule has 6 heteroatoms. The van der Waals surface area contributed by atoms with Crippen LogP contribution in [0.3, 0.4) is 0 Å². The van der Waals surface area contributed by atoms with Crippen molar-refractivity contribution in [3.05, 3.63) is 70.4 Å². The lowest BCUT2D eigenvalue weighted by atomic mass is 9.85. The fraction of sp³-hybridized carbons (Fsp3) is 0.385. The number of hydrogen-bond donors (Lipinski definition) is 1. The van der Waals surface area contributed by atoms with Crippen molar-refractivity contribution in [3.63, 3.8) is 0 Å². The first-order valence-corrected chi connectivity index (χ1v) is 12.0. The Morgan fingerprint density at radius 1 is 0.938 bits per heavy atom. The van der Waals surface area contributed by atoms with E-state index in [-0.39, 0.29) is 30.4 Å². The number of nitrogens with one attached hydrogen (secondary N) is 1. The second kappa shape index (κ2) is 7.66. The van der Waals surface area contributed by atoms with Crippen LogP contribution in [0.5, 0.6) is 0 Å². The summed E-state index contributed by atoms with van der Waals surface area (Å²) in [6, 6.07) is 15.3. The number of piperazine rings is 1. The Morgan fingerprint density at radius 3 is 2.47 bits per heavy atom. The van der Waals surface area contributed by atoms with E-state index in [4.69, 9.17) is 11.6 Å². The molecule has 2 atom stereocenters. The molecule has 0 spiro atoms. The van der Waals surface area contributed by atoms with Crippen molar-refractivity contribution < 1.29 is 9.59 Å². The zero-order chi connectivity index (χ0) is 21.8. The van der Waals surface area contributed by atoms with E-state index in [1.807, 2.05) is 46.2 Å². The Balaban J connectivity index is 1.48. The number of hydrogen-bond acceptors (Lipinski definition) is 2. The third kappa shape index (κ3) is 3.06. The summed E-state index contributed by atoms with van der Waals surface area (Å²) in [5.41, 5.74) is 4.17. The molecule has 3 aliphatic rings. The van der Waals surface area contributed by atoms with Gasteiger partial charge in [0, 0.05) is 34.1 Å². The number of aromatic amines is 1. The third-order valence-corrected chi connectivity index (χ3v) is 7.75. The average Bonchev–Trinajstić information content (AvgIpc) is 3.20. The maximum absolute atomic E-state index is 13.8. The minimum absolute atomic E-state index is 0.0319. The van der Waals surface area contributed by atoms with Crippen molar-refractivity contribution in [2.75, 3.05) is 6.54 Å². The van der Waals surface area contributed by atoms with Gasteiger partial charge in [-0.05, 0) is 42.2 Å². The number of amides is 2. The summed E-state index contributed by atoms with van der Waals surface area (Å²) in [5.74, 6) is 0.135. The molecule has 1 saturated heterocycles. The number of para-hydroxylation sites is 1. The number of nitrogens with zero attached hydrogens (tertiary/aromatic N) is 2. The first kappa shape index (κ1) is 19.9. The van der Waals surface area contributed by atoms with Crippen LogP contribution in [0.4, 0.5) is 0 Å². The molecule has 0 bridgehead atoms. The minimum atomic E-state index is -0.467. The molecule has 2 aromatic carbocycles. The van der Waals surface area contributed by atoms with E-state index in [0.717, 1.165) is 53.4 Å². The second-order valence-electron chi connectivity index (χ2n) is 9.30. The van der Waals surface area contributed by atoms with E-state index in [1.165, 1.54) is 6.42 Å². The third-order valence-electron chi connectivity index (χ3n) is 7.49. The van der Waals surface area contributed by atoms with Crippen molar-refractivity contribution >= 4 is 34.3 Å². The first-order valence-electron chi connectivity index (χ1n) is 11.6. The molecule has 1 N–H and O–H groups in total. The van der Waals surface area contributed by atoms with Crippen LogP contribution in [0.1, 0.15) is 55.0 Å². The predicted octanol–water partition coefficient (Wildman–Crippen LogP) is 4.84. The Hall–Kier alpha value is -2.79. The maximum Gasteiger partial charge on any atom is 0.246 e. The molecule has 164 valence electrons. The number of H-pyrrole nitrogens is 1. The van der Waals surface area contributed by atoms with E-state index in [9.17, 15) is 9.59 Å². The molecule has 3 aromatic rings. The highest BCUT2D eigenvalue weighted by Gasteiger charge is 2.49. The van der Waals surface area contributed by atoms with Crippen LogP contribution in [0.15, 0.2) is 48.5 Å². The Kier molecular flexibility index (Phi) is 4.76. The zero-order valence-electron chi connectivity index (χ0n) is 17.9. The molecule has 5 nitrogen and oxygen atoms in total. The van der Waals surface area contributed by atoms with Gasteiger partial charge in [0.2, 0.25) is 11.8 Å². The standard InChI is InChI=1S/C26H26ClN3O2/c27-17-12-10-16(11-13-17)25-24-20(19-8-4-5-9-21(19)28-24)14-22-26(32)29(15-23(31)30(22)25)18-6-2-1-3-7-18/h4-5,8-13,18,22,25,28H,1-3,6-7,14-15H2/t22-,25-/m1/s1. The van der Waals surface area contributed by atoms with E-state index >= 15 is 0 Å². The lowest BCUT2D eigenvalue weighted by Crippen LogP contribution is -2.64. The van der Waals surface area contributed by atoms with Gasteiger partial charge in [0.1, 0.15) is 12.6 Å². The number of carbonyl (C=O) groups is 2. The van der Waals surface area contributed by atoms with E-state index in [2.05, 4.69) is 17.1 Å². The van der Waals surface area contributed by atoms with E-state index in [0.29, 0.717) is 11.4 Å². The van der Waals surface area contributed by atoms with Crippen molar-refractivity contribution in [1.29, 1.82) is 0 Å². The van der Waals surface area contributed by atoms with Gasteiger partial charge in [-0.25, -0.2) is 0 Å². The summed E-state index contributed by atoms with van der Waals surface area (Å²) in [7, 11) is 0. The van der Waals surface area contributed by atoms with Crippen LogP contribution < -0.4 is 0 Å². The molecule has 0 radical (unpaired) electrons. The number of fused-ring (bicyclic) bond motifs is 4. The largest absolute Gasteiger partial charge is 0.356 e. The summed E-state index contributed by atoms with van der Waals surface area (Å²) in [6.45, 7) is 0.180. The van der Waals surface area contributed by atoms with Crippen molar-refractivity contribution in [2.24, 2.45) is 0 Å². The molecule has 1 saturated carbocycles. The number of halogens is 1. The van der Waals surface area contributed by atoms with Crippen molar-refractivity contribution in [1.82, 2.24) is 14.8 Å². The monoisotopic (exact) mass is 447 g/mol. The predicted molar refractivity (Wildman–Crippen MR) is 125 cm³/mol. The normalized spacial score (nSPS) is 24.0. The van der Waals surface area contributed by atoms with Crippen LogP contribution in [-0.4, -0.2) is 45.2 Å². The fourth-order valence-electron chi connectivity index (χ4n) is 5.98. The van der Waals surface area contributed by atoms with Crippen LogP contribution in [0.25, 0.3) is 10.9 Å².